The first-order valence-electron chi connectivity index (χ1n) is 6.94. The van der Waals surface area contributed by atoms with Crippen molar-refractivity contribution in [2.24, 2.45) is 0 Å². The molecule has 0 spiro atoms. The Morgan fingerprint density at radius 1 is 1.47 bits per heavy atom. The number of amides is 1. The maximum absolute atomic E-state index is 12.1. The quantitative estimate of drug-likeness (QED) is 0.912. The summed E-state index contributed by atoms with van der Waals surface area (Å²) in [7, 11) is 2.16. The first kappa shape index (κ1) is 13.1. The molecule has 0 saturated carbocycles. The van der Waals surface area contributed by atoms with Gasteiger partial charge >= 0.3 is 0 Å². The molecule has 5 heteroatoms. The number of hydrogen-bond acceptors (Lipinski definition) is 4. The highest BCUT2D eigenvalue weighted by Crippen LogP contribution is 2.30. The van der Waals surface area contributed by atoms with Crippen LogP contribution in [0.2, 0.25) is 0 Å². The molecule has 19 heavy (non-hydrogen) atoms. The van der Waals surface area contributed by atoms with E-state index in [9.17, 15) is 4.79 Å². The van der Waals surface area contributed by atoms with Crippen molar-refractivity contribution in [2.45, 2.75) is 32.0 Å². The number of likely N-dealkylation sites (N-methyl/N-ethyl adjacent to an activating group) is 1. The summed E-state index contributed by atoms with van der Waals surface area (Å²) in [4.78, 5) is 19.1. The molecule has 0 bridgehead atoms. The number of rotatable bonds is 3. The Balaban J connectivity index is 1.75. The van der Waals surface area contributed by atoms with Crippen LogP contribution in [0.25, 0.3) is 0 Å². The van der Waals surface area contributed by atoms with Crippen LogP contribution in [-0.2, 0) is 4.79 Å². The highest BCUT2D eigenvalue weighted by atomic mass is 32.1. The molecule has 1 amide bonds. The molecule has 2 atom stereocenters. The van der Waals surface area contributed by atoms with E-state index < -0.39 is 0 Å². The van der Waals surface area contributed by atoms with E-state index in [0.29, 0.717) is 12.6 Å². The molecule has 4 nitrogen and oxygen atoms in total. The number of carbonyl (C=O) groups is 1. The standard InChI is InChI=1S/C14H21N3OS/c1-10-5-6-12(19-10)14-15-8-13(18)17(14)9-11-4-3-7-16(11)2/h5-6,11,14-15H,3-4,7-9H2,1-2H3. The molecule has 2 aliphatic heterocycles. The molecule has 3 heterocycles. The molecular formula is C14H21N3OS. The molecule has 2 fully saturated rings. The Hall–Kier alpha value is -0.910. The van der Waals surface area contributed by atoms with Crippen LogP contribution in [0.15, 0.2) is 12.1 Å². The van der Waals surface area contributed by atoms with E-state index in [1.54, 1.807) is 11.3 Å². The summed E-state index contributed by atoms with van der Waals surface area (Å²) in [5.41, 5.74) is 0. The maximum Gasteiger partial charge on any atom is 0.238 e. The summed E-state index contributed by atoms with van der Waals surface area (Å²) in [5.74, 6) is 0.233. The van der Waals surface area contributed by atoms with Crippen LogP contribution in [0.1, 0.15) is 28.8 Å². The van der Waals surface area contributed by atoms with Crippen molar-refractivity contribution >= 4 is 17.2 Å². The summed E-state index contributed by atoms with van der Waals surface area (Å²) >= 11 is 1.78. The third-order valence-corrected chi connectivity index (χ3v) is 5.24. The molecule has 1 aromatic heterocycles. The summed E-state index contributed by atoms with van der Waals surface area (Å²) in [6, 6.07) is 4.79. The van der Waals surface area contributed by atoms with Crippen molar-refractivity contribution < 1.29 is 4.79 Å². The van der Waals surface area contributed by atoms with Crippen LogP contribution < -0.4 is 5.32 Å². The Morgan fingerprint density at radius 3 is 2.95 bits per heavy atom. The van der Waals surface area contributed by atoms with Gasteiger partial charge in [0.2, 0.25) is 5.91 Å². The van der Waals surface area contributed by atoms with Gasteiger partial charge < -0.3 is 9.80 Å². The largest absolute Gasteiger partial charge is 0.319 e. The fraction of sp³-hybridized carbons (Fsp3) is 0.643. The Kier molecular flexibility index (Phi) is 3.60. The van der Waals surface area contributed by atoms with Crippen LogP contribution in [0.4, 0.5) is 0 Å². The van der Waals surface area contributed by atoms with E-state index in [-0.39, 0.29) is 12.1 Å². The molecule has 0 aromatic carbocycles. The summed E-state index contributed by atoms with van der Waals surface area (Å²) in [6.45, 7) is 4.59. The Bertz CT molecular complexity index is 473. The van der Waals surface area contributed by atoms with E-state index >= 15 is 0 Å². The number of likely N-dealkylation sites (tertiary alicyclic amines) is 1. The van der Waals surface area contributed by atoms with Gasteiger partial charge in [0.1, 0.15) is 6.17 Å². The smallest absolute Gasteiger partial charge is 0.238 e. The van der Waals surface area contributed by atoms with E-state index in [1.807, 2.05) is 4.90 Å². The first-order chi connectivity index (χ1) is 9.15. The van der Waals surface area contributed by atoms with Crippen molar-refractivity contribution in [1.82, 2.24) is 15.1 Å². The van der Waals surface area contributed by atoms with Crippen molar-refractivity contribution in [1.29, 1.82) is 0 Å². The van der Waals surface area contributed by atoms with Crippen molar-refractivity contribution in [3.8, 4) is 0 Å². The van der Waals surface area contributed by atoms with E-state index in [4.69, 9.17) is 0 Å². The second kappa shape index (κ2) is 5.23. The SMILES string of the molecule is Cc1ccc(C2NCC(=O)N2CC2CCCN2C)s1. The first-order valence-corrected chi connectivity index (χ1v) is 7.76. The van der Waals surface area contributed by atoms with Gasteiger partial charge in [-0.25, -0.2) is 0 Å². The minimum Gasteiger partial charge on any atom is -0.319 e. The monoisotopic (exact) mass is 279 g/mol. The molecule has 2 aliphatic rings. The third kappa shape index (κ3) is 2.55. The fourth-order valence-corrected chi connectivity index (χ4v) is 4.00. The van der Waals surface area contributed by atoms with Gasteiger partial charge in [-0.15, -0.1) is 11.3 Å². The van der Waals surface area contributed by atoms with Gasteiger partial charge in [-0.1, -0.05) is 0 Å². The fourth-order valence-electron chi connectivity index (χ4n) is 3.04. The second-order valence-corrected chi connectivity index (χ2v) is 6.87. The third-order valence-electron chi connectivity index (χ3n) is 4.19. The van der Waals surface area contributed by atoms with Crippen molar-refractivity contribution in [2.75, 3.05) is 26.7 Å². The zero-order valence-electron chi connectivity index (χ0n) is 11.6. The average Bonchev–Trinajstić information content (AvgIpc) is 3.05. The average molecular weight is 279 g/mol. The minimum absolute atomic E-state index is 0.0835. The molecule has 1 aromatic rings. The molecule has 0 aliphatic carbocycles. The van der Waals surface area contributed by atoms with Crippen LogP contribution in [0.3, 0.4) is 0 Å². The number of hydrogen-bond donors (Lipinski definition) is 1. The van der Waals surface area contributed by atoms with Crippen LogP contribution >= 0.6 is 11.3 Å². The van der Waals surface area contributed by atoms with Crippen LogP contribution in [-0.4, -0.2) is 48.4 Å². The predicted molar refractivity (Wildman–Crippen MR) is 77.2 cm³/mol. The Labute approximate surface area is 118 Å². The molecule has 104 valence electrons. The number of nitrogens with one attached hydrogen (secondary N) is 1. The highest BCUT2D eigenvalue weighted by Gasteiger charge is 2.35. The lowest BCUT2D eigenvalue weighted by molar-refractivity contribution is -0.128. The topological polar surface area (TPSA) is 35.6 Å². The Morgan fingerprint density at radius 2 is 2.32 bits per heavy atom. The maximum atomic E-state index is 12.1. The van der Waals surface area contributed by atoms with Crippen molar-refractivity contribution in [3.05, 3.63) is 21.9 Å². The minimum atomic E-state index is 0.0835. The summed E-state index contributed by atoms with van der Waals surface area (Å²) < 4.78 is 0. The van der Waals surface area contributed by atoms with E-state index in [0.717, 1.165) is 13.1 Å². The van der Waals surface area contributed by atoms with Crippen LogP contribution in [0.5, 0.6) is 0 Å². The predicted octanol–water partition coefficient (Wildman–Crippen LogP) is 1.58. The van der Waals surface area contributed by atoms with Gasteiger partial charge in [0, 0.05) is 22.3 Å². The van der Waals surface area contributed by atoms with Gasteiger partial charge in [0.05, 0.1) is 6.54 Å². The summed E-state index contributed by atoms with van der Waals surface area (Å²) in [5, 5.41) is 3.34. The van der Waals surface area contributed by atoms with Gasteiger partial charge in [-0.3, -0.25) is 10.1 Å². The van der Waals surface area contributed by atoms with Gasteiger partial charge in [-0.2, -0.15) is 0 Å². The molecule has 2 saturated heterocycles. The lowest BCUT2D eigenvalue weighted by atomic mass is 10.2. The zero-order valence-corrected chi connectivity index (χ0v) is 12.4. The van der Waals surface area contributed by atoms with Gasteiger partial charge in [-0.05, 0) is 45.5 Å². The lowest BCUT2D eigenvalue weighted by Crippen LogP contribution is -2.41. The van der Waals surface area contributed by atoms with E-state index in [1.165, 1.54) is 22.6 Å². The van der Waals surface area contributed by atoms with Crippen LogP contribution in [0, 0.1) is 6.92 Å². The zero-order chi connectivity index (χ0) is 13.4. The van der Waals surface area contributed by atoms with E-state index in [2.05, 4.69) is 36.3 Å². The number of thiophene rings is 1. The number of carbonyl (C=O) groups excluding carboxylic acids is 1. The number of nitrogens with zero attached hydrogens (tertiary/aromatic N) is 2. The van der Waals surface area contributed by atoms with Crippen molar-refractivity contribution in [3.63, 3.8) is 0 Å². The summed E-state index contributed by atoms with van der Waals surface area (Å²) in [6.07, 6.45) is 2.54. The highest BCUT2D eigenvalue weighted by molar-refractivity contribution is 7.12. The van der Waals surface area contributed by atoms with Gasteiger partial charge in [0.25, 0.3) is 0 Å². The lowest BCUT2D eigenvalue weighted by Gasteiger charge is -2.29. The second-order valence-electron chi connectivity index (χ2n) is 5.55. The van der Waals surface area contributed by atoms with Gasteiger partial charge in [0.15, 0.2) is 0 Å². The molecule has 2 unspecified atom stereocenters. The molecule has 0 radical (unpaired) electrons. The normalized spacial score (nSPS) is 28.5. The molecule has 3 rings (SSSR count). The molecular weight excluding hydrogens is 258 g/mol. The number of aryl methyl sites for hydroxylation is 1. The molecule has 1 N–H and O–H groups in total.